The summed E-state index contributed by atoms with van der Waals surface area (Å²) in [6, 6.07) is 11.7. The third-order valence-electron chi connectivity index (χ3n) is 4.84. The highest BCUT2D eigenvalue weighted by Crippen LogP contribution is 2.23. The van der Waals surface area contributed by atoms with Gasteiger partial charge in [0.25, 0.3) is 0 Å². The fourth-order valence-corrected chi connectivity index (χ4v) is 3.32. The second kappa shape index (κ2) is 9.21. The minimum absolute atomic E-state index is 0.00989. The number of carbonyl (C=O) groups is 1. The van der Waals surface area contributed by atoms with Crippen LogP contribution in [0.4, 0.5) is 15.0 Å². The van der Waals surface area contributed by atoms with Crippen molar-refractivity contribution in [3.63, 3.8) is 0 Å². The summed E-state index contributed by atoms with van der Waals surface area (Å²) in [6.45, 7) is 9.26. The van der Waals surface area contributed by atoms with Gasteiger partial charge in [0.05, 0.1) is 11.6 Å². The van der Waals surface area contributed by atoms with Crippen LogP contribution >= 0.6 is 0 Å². The lowest BCUT2D eigenvalue weighted by molar-refractivity contribution is 0.0218. The van der Waals surface area contributed by atoms with Gasteiger partial charge in [0.1, 0.15) is 23.8 Å². The first-order chi connectivity index (χ1) is 14.7. The molecule has 1 aromatic heterocycles. The molecule has 0 spiro atoms. The van der Waals surface area contributed by atoms with Crippen molar-refractivity contribution in [1.82, 2.24) is 9.88 Å². The summed E-state index contributed by atoms with van der Waals surface area (Å²) in [4.78, 5) is 20.7. The van der Waals surface area contributed by atoms with Gasteiger partial charge in [-0.25, -0.2) is 9.18 Å². The van der Waals surface area contributed by atoms with Crippen molar-refractivity contribution in [3.05, 3.63) is 53.3 Å². The highest BCUT2D eigenvalue weighted by molar-refractivity contribution is 5.68. The number of benzene rings is 1. The van der Waals surface area contributed by atoms with Gasteiger partial charge >= 0.3 is 6.09 Å². The molecule has 164 valence electrons. The van der Waals surface area contributed by atoms with E-state index in [0.717, 1.165) is 5.82 Å². The van der Waals surface area contributed by atoms with Crippen LogP contribution in [0.3, 0.4) is 0 Å². The van der Waals surface area contributed by atoms with Crippen molar-refractivity contribution in [2.24, 2.45) is 0 Å². The van der Waals surface area contributed by atoms with Crippen LogP contribution in [0.2, 0.25) is 0 Å². The summed E-state index contributed by atoms with van der Waals surface area (Å²) in [5, 5.41) is 8.84. The van der Waals surface area contributed by atoms with Gasteiger partial charge in [-0.2, -0.15) is 10.2 Å². The average Bonchev–Trinajstić information content (AvgIpc) is 2.71. The number of anilines is 1. The van der Waals surface area contributed by atoms with E-state index in [1.807, 2.05) is 45.9 Å². The summed E-state index contributed by atoms with van der Waals surface area (Å²) in [6.07, 6.45) is -0.312. The standard InChI is InChI=1S/C23H27FN4O3/c1-16-14-27(22(29)31-23(2,3)4)10-11-28(16)20-6-5-7-21(26-20)30-15-18-9-8-17(13-25)12-19(18)24/h5-9,12,16H,10-11,14-15H2,1-4H3/t16-/m1/s1. The van der Waals surface area contributed by atoms with Gasteiger partial charge in [-0.3, -0.25) is 0 Å². The summed E-state index contributed by atoms with van der Waals surface area (Å²) in [5.74, 6) is 0.624. The van der Waals surface area contributed by atoms with E-state index in [1.165, 1.54) is 12.1 Å². The second-order valence-electron chi connectivity index (χ2n) is 8.51. The van der Waals surface area contributed by atoms with Gasteiger partial charge in [-0.05, 0) is 45.9 Å². The molecule has 1 aliphatic heterocycles. The van der Waals surface area contributed by atoms with Gasteiger partial charge in [-0.1, -0.05) is 12.1 Å². The SMILES string of the molecule is C[C@@H]1CN(C(=O)OC(C)(C)C)CCN1c1cccc(OCc2ccc(C#N)cc2F)n1. The fraction of sp³-hybridized carbons (Fsp3) is 0.435. The van der Waals surface area contributed by atoms with Gasteiger partial charge < -0.3 is 19.3 Å². The Balaban J connectivity index is 1.63. The molecule has 0 unspecified atom stereocenters. The number of amides is 1. The number of aromatic nitrogens is 1. The Morgan fingerprint density at radius 2 is 2.06 bits per heavy atom. The number of rotatable bonds is 4. The van der Waals surface area contributed by atoms with E-state index in [4.69, 9.17) is 14.7 Å². The highest BCUT2D eigenvalue weighted by Gasteiger charge is 2.30. The topological polar surface area (TPSA) is 78.7 Å². The number of pyridine rings is 1. The zero-order chi connectivity index (χ0) is 22.6. The van der Waals surface area contributed by atoms with Crippen LogP contribution in [0.5, 0.6) is 5.88 Å². The molecule has 1 amide bonds. The Kier molecular flexibility index (Phi) is 6.64. The van der Waals surface area contributed by atoms with E-state index in [-0.39, 0.29) is 24.3 Å². The Bertz CT molecular complexity index is 984. The Morgan fingerprint density at radius 3 is 2.71 bits per heavy atom. The van der Waals surface area contributed by atoms with Crippen LogP contribution in [0.15, 0.2) is 36.4 Å². The molecule has 1 aliphatic rings. The quantitative estimate of drug-likeness (QED) is 0.732. The highest BCUT2D eigenvalue weighted by atomic mass is 19.1. The van der Waals surface area contributed by atoms with E-state index in [2.05, 4.69) is 9.88 Å². The third-order valence-corrected chi connectivity index (χ3v) is 4.84. The van der Waals surface area contributed by atoms with Crippen molar-refractivity contribution >= 4 is 11.9 Å². The van der Waals surface area contributed by atoms with E-state index < -0.39 is 11.4 Å². The zero-order valence-electron chi connectivity index (χ0n) is 18.3. The molecule has 2 aromatic rings. The Hall–Kier alpha value is -3.34. The summed E-state index contributed by atoms with van der Waals surface area (Å²) in [5.41, 5.74) is 0.0884. The molecule has 0 saturated carbocycles. The molecule has 0 aliphatic carbocycles. The normalized spacial score (nSPS) is 16.6. The van der Waals surface area contributed by atoms with Crippen molar-refractivity contribution in [2.45, 2.75) is 45.9 Å². The lowest BCUT2D eigenvalue weighted by Crippen LogP contribution is -2.54. The van der Waals surface area contributed by atoms with Crippen LogP contribution in [0, 0.1) is 17.1 Å². The van der Waals surface area contributed by atoms with Crippen molar-refractivity contribution < 1.29 is 18.7 Å². The number of nitriles is 1. The third kappa shape index (κ3) is 5.85. The lowest BCUT2D eigenvalue weighted by Gasteiger charge is -2.40. The van der Waals surface area contributed by atoms with Gasteiger partial charge in [0.2, 0.25) is 5.88 Å². The number of piperazine rings is 1. The molecule has 0 radical (unpaired) electrons. The minimum atomic E-state index is -0.529. The maximum atomic E-state index is 14.1. The molecule has 7 nitrogen and oxygen atoms in total. The molecule has 1 saturated heterocycles. The summed E-state index contributed by atoms with van der Waals surface area (Å²) >= 11 is 0. The van der Waals surface area contributed by atoms with E-state index >= 15 is 0 Å². The van der Waals surface area contributed by atoms with Crippen molar-refractivity contribution in [1.29, 1.82) is 5.26 Å². The van der Waals surface area contributed by atoms with E-state index in [0.29, 0.717) is 31.1 Å². The molecule has 1 aromatic carbocycles. The number of ether oxygens (including phenoxy) is 2. The number of carbonyl (C=O) groups excluding carboxylic acids is 1. The van der Waals surface area contributed by atoms with Crippen LogP contribution in [0.25, 0.3) is 0 Å². The monoisotopic (exact) mass is 426 g/mol. The molecule has 0 bridgehead atoms. The molecular formula is C23H27FN4O3. The van der Waals surface area contributed by atoms with E-state index in [1.54, 1.807) is 17.0 Å². The maximum Gasteiger partial charge on any atom is 0.410 e. The lowest BCUT2D eigenvalue weighted by atomic mass is 10.1. The predicted octanol–water partition coefficient (Wildman–Crippen LogP) is 4.12. The maximum absolute atomic E-state index is 14.1. The predicted molar refractivity (Wildman–Crippen MR) is 114 cm³/mol. The van der Waals surface area contributed by atoms with Crippen LogP contribution in [0.1, 0.15) is 38.8 Å². The van der Waals surface area contributed by atoms with Crippen LogP contribution in [-0.4, -0.2) is 47.3 Å². The fourth-order valence-electron chi connectivity index (χ4n) is 3.32. The first kappa shape index (κ1) is 22.3. The first-order valence-corrected chi connectivity index (χ1v) is 10.2. The molecule has 8 heteroatoms. The van der Waals surface area contributed by atoms with Crippen LogP contribution < -0.4 is 9.64 Å². The summed E-state index contributed by atoms with van der Waals surface area (Å²) in [7, 11) is 0. The average molecular weight is 426 g/mol. The molecule has 1 atom stereocenters. The van der Waals surface area contributed by atoms with Gasteiger partial charge in [-0.15, -0.1) is 0 Å². The van der Waals surface area contributed by atoms with Crippen molar-refractivity contribution in [3.8, 4) is 11.9 Å². The molecule has 3 rings (SSSR count). The largest absolute Gasteiger partial charge is 0.473 e. The zero-order valence-corrected chi connectivity index (χ0v) is 18.3. The minimum Gasteiger partial charge on any atom is -0.473 e. The number of nitrogens with zero attached hydrogens (tertiary/aromatic N) is 4. The Morgan fingerprint density at radius 1 is 1.29 bits per heavy atom. The number of hydrogen-bond donors (Lipinski definition) is 0. The number of hydrogen-bond acceptors (Lipinski definition) is 6. The molecular weight excluding hydrogens is 399 g/mol. The molecule has 31 heavy (non-hydrogen) atoms. The Labute approximate surface area is 182 Å². The van der Waals surface area contributed by atoms with Crippen LogP contribution in [-0.2, 0) is 11.3 Å². The summed E-state index contributed by atoms with van der Waals surface area (Å²) < 4.78 is 25.2. The first-order valence-electron chi connectivity index (χ1n) is 10.2. The van der Waals surface area contributed by atoms with Crippen molar-refractivity contribution in [2.75, 3.05) is 24.5 Å². The van der Waals surface area contributed by atoms with Gasteiger partial charge in [0.15, 0.2) is 0 Å². The van der Waals surface area contributed by atoms with Gasteiger partial charge in [0, 0.05) is 37.3 Å². The number of halogens is 1. The smallest absolute Gasteiger partial charge is 0.410 e. The van der Waals surface area contributed by atoms with E-state index in [9.17, 15) is 9.18 Å². The molecule has 0 N–H and O–H groups in total. The second-order valence-corrected chi connectivity index (χ2v) is 8.51. The molecule has 2 heterocycles. The molecule has 1 fully saturated rings.